The predicted octanol–water partition coefficient (Wildman–Crippen LogP) is 5.11. The van der Waals surface area contributed by atoms with E-state index in [1.807, 2.05) is 38.1 Å². The van der Waals surface area contributed by atoms with Gasteiger partial charge in [0.1, 0.15) is 0 Å². The van der Waals surface area contributed by atoms with Crippen LogP contribution in [0.1, 0.15) is 41.0 Å². The van der Waals surface area contributed by atoms with E-state index in [2.05, 4.69) is 48.1 Å². The maximum absolute atomic E-state index is 4.15. The number of rotatable bonds is 3. The van der Waals surface area contributed by atoms with Gasteiger partial charge in [-0.3, -0.25) is 10.1 Å². The van der Waals surface area contributed by atoms with Crippen LogP contribution in [0.2, 0.25) is 0 Å². The number of hydrogen-bond acceptors (Lipinski definition) is 2. The van der Waals surface area contributed by atoms with Crippen molar-refractivity contribution in [2.75, 3.05) is 0 Å². The van der Waals surface area contributed by atoms with Gasteiger partial charge in [0, 0.05) is 12.4 Å². The summed E-state index contributed by atoms with van der Waals surface area (Å²) < 4.78 is 0. The van der Waals surface area contributed by atoms with Gasteiger partial charge >= 0.3 is 0 Å². The number of aromatic nitrogens is 3. The van der Waals surface area contributed by atoms with Gasteiger partial charge in [-0.05, 0) is 30.5 Å². The molecule has 0 radical (unpaired) electrons. The Kier molecular flexibility index (Phi) is 11.0. The second kappa shape index (κ2) is 12.2. The van der Waals surface area contributed by atoms with E-state index in [1.54, 1.807) is 12.4 Å². The fourth-order valence-electron chi connectivity index (χ4n) is 1.33. The Morgan fingerprint density at radius 1 is 1.15 bits per heavy atom. The van der Waals surface area contributed by atoms with Crippen molar-refractivity contribution >= 4 is 0 Å². The molecular formula is C17H27N3. The Hall–Kier alpha value is -1.90. The molecule has 0 spiro atoms. The number of hydrogen-bond donors (Lipinski definition) is 1. The fourth-order valence-corrected chi connectivity index (χ4v) is 1.33. The zero-order valence-electron chi connectivity index (χ0n) is 13.3. The van der Waals surface area contributed by atoms with Gasteiger partial charge in [-0.2, -0.15) is 5.10 Å². The van der Waals surface area contributed by atoms with Crippen molar-refractivity contribution in [1.29, 1.82) is 0 Å². The summed E-state index contributed by atoms with van der Waals surface area (Å²) in [6.45, 7) is 10.5. The van der Waals surface area contributed by atoms with Gasteiger partial charge in [0.25, 0.3) is 0 Å². The van der Waals surface area contributed by atoms with E-state index in [0.29, 0.717) is 0 Å². The first-order chi connectivity index (χ1) is 9.74. The molecule has 2 aromatic heterocycles. The second-order valence-electron chi connectivity index (χ2n) is 4.27. The zero-order valence-corrected chi connectivity index (χ0v) is 13.3. The minimum absolute atomic E-state index is 0.722. The topological polar surface area (TPSA) is 41.6 Å². The summed E-state index contributed by atoms with van der Waals surface area (Å²) in [5.74, 6) is 0.722. The van der Waals surface area contributed by atoms with E-state index in [1.165, 1.54) is 0 Å². The smallest absolute Gasteiger partial charge is 0.0880 e. The number of aromatic amines is 1. The van der Waals surface area contributed by atoms with Crippen LogP contribution in [0.4, 0.5) is 0 Å². The highest BCUT2D eigenvalue weighted by Crippen LogP contribution is 2.10. The van der Waals surface area contributed by atoms with Gasteiger partial charge in [0.05, 0.1) is 11.4 Å². The molecule has 3 nitrogen and oxygen atoms in total. The van der Waals surface area contributed by atoms with Crippen molar-refractivity contribution in [2.45, 2.75) is 41.0 Å². The summed E-state index contributed by atoms with van der Waals surface area (Å²) >= 11 is 0. The zero-order chi connectivity index (χ0) is 15.2. The summed E-state index contributed by atoms with van der Waals surface area (Å²) in [4.78, 5) is 4.15. The molecule has 0 bridgehead atoms. The lowest BCUT2D eigenvalue weighted by Crippen LogP contribution is -1.80. The number of pyridine rings is 1. The first-order valence-corrected chi connectivity index (χ1v) is 7.31. The Balaban J connectivity index is 0.000000352. The summed E-state index contributed by atoms with van der Waals surface area (Å²) in [6, 6.07) is 7.67. The first kappa shape index (κ1) is 18.1. The van der Waals surface area contributed by atoms with E-state index < -0.39 is 0 Å². The SMILES string of the molecule is CC.CCC=CC(C)C.c1ccc(-c2ccn[nH]2)nc1. The molecule has 0 aliphatic rings. The summed E-state index contributed by atoms with van der Waals surface area (Å²) in [5, 5.41) is 6.67. The van der Waals surface area contributed by atoms with Crippen molar-refractivity contribution in [2.24, 2.45) is 5.92 Å². The standard InChI is InChI=1S/C8H7N3.C7H14.C2H6/c1-2-5-9-7(3-1)8-4-6-10-11-8;1-4-5-6-7(2)3;1-2/h1-6H,(H,10,11);5-7H,4H2,1-3H3;1-2H3. The molecule has 1 N–H and O–H groups in total. The largest absolute Gasteiger partial charge is 0.276 e. The van der Waals surface area contributed by atoms with Crippen LogP contribution in [-0.2, 0) is 0 Å². The molecule has 0 aromatic carbocycles. The lowest BCUT2D eigenvalue weighted by atomic mass is 10.2. The van der Waals surface area contributed by atoms with Crippen molar-refractivity contribution in [3.05, 3.63) is 48.8 Å². The summed E-state index contributed by atoms with van der Waals surface area (Å²) in [5.41, 5.74) is 1.87. The maximum atomic E-state index is 4.15. The Morgan fingerprint density at radius 2 is 1.90 bits per heavy atom. The van der Waals surface area contributed by atoms with Crippen LogP contribution < -0.4 is 0 Å². The van der Waals surface area contributed by atoms with Gasteiger partial charge < -0.3 is 0 Å². The quantitative estimate of drug-likeness (QED) is 0.790. The Labute approximate surface area is 123 Å². The van der Waals surface area contributed by atoms with E-state index in [4.69, 9.17) is 0 Å². The third-order valence-corrected chi connectivity index (χ3v) is 2.20. The molecule has 0 amide bonds. The molecule has 3 heteroatoms. The van der Waals surface area contributed by atoms with Gasteiger partial charge in [-0.15, -0.1) is 0 Å². The molecule has 0 saturated carbocycles. The molecule has 0 fully saturated rings. The number of nitrogens with zero attached hydrogens (tertiary/aromatic N) is 2. The average Bonchev–Trinajstić information content (AvgIpc) is 3.03. The lowest BCUT2D eigenvalue weighted by Gasteiger charge is -1.92. The van der Waals surface area contributed by atoms with E-state index in [0.717, 1.165) is 23.7 Å². The van der Waals surface area contributed by atoms with E-state index in [-0.39, 0.29) is 0 Å². The van der Waals surface area contributed by atoms with Crippen LogP contribution in [0.15, 0.2) is 48.8 Å². The normalized spacial score (nSPS) is 9.70. The monoisotopic (exact) mass is 273 g/mol. The van der Waals surface area contributed by atoms with Gasteiger partial charge in [0.2, 0.25) is 0 Å². The van der Waals surface area contributed by atoms with Crippen molar-refractivity contribution in [1.82, 2.24) is 15.2 Å². The molecule has 20 heavy (non-hydrogen) atoms. The molecule has 0 aliphatic heterocycles. The van der Waals surface area contributed by atoms with Crippen LogP contribution >= 0.6 is 0 Å². The molecule has 0 unspecified atom stereocenters. The Bertz CT molecular complexity index is 431. The van der Waals surface area contributed by atoms with Crippen LogP contribution in [0.25, 0.3) is 11.4 Å². The molecule has 2 rings (SSSR count). The molecule has 0 atom stereocenters. The van der Waals surface area contributed by atoms with E-state index >= 15 is 0 Å². The highest BCUT2D eigenvalue weighted by molar-refractivity contribution is 5.52. The first-order valence-electron chi connectivity index (χ1n) is 7.31. The van der Waals surface area contributed by atoms with Crippen LogP contribution in [-0.4, -0.2) is 15.2 Å². The summed E-state index contributed by atoms with van der Waals surface area (Å²) in [6.07, 6.45) is 9.06. The van der Waals surface area contributed by atoms with Crippen molar-refractivity contribution in [3.8, 4) is 11.4 Å². The average molecular weight is 273 g/mol. The molecule has 0 aliphatic carbocycles. The number of nitrogens with one attached hydrogen (secondary N) is 1. The van der Waals surface area contributed by atoms with Gasteiger partial charge in [0.15, 0.2) is 0 Å². The maximum Gasteiger partial charge on any atom is 0.0880 e. The third kappa shape index (κ3) is 8.25. The minimum atomic E-state index is 0.722. The molecule has 2 aromatic rings. The van der Waals surface area contributed by atoms with Gasteiger partial charge in [-0.1, -0.05) is 52.8 Å². The van der Waals surface area contributed by atoms with Crippen LogP contribution in [0, 0.1) is 5.92 Å². The highest BCUT2D eigenvalue weighted by Gasteiger charge is 1.95. The molecule has 110 valence electrons. The van der Waals surface area contributed by atoms with Crippen molar-refractivity contribution < 1.29 is 0 Å². The predicted molar refractivity (Wildman–Crippen MR) is 87.4 cm³/mol. The van der Waals surface area contributed by atoms with Crippen LogP contribution in [0.5, 0.6) is 0 Å². The molecular weight excluding hydrogens is 246 g/mol. The molecule has 2 heterocycles. The number of allylic oxidation sites excluding steroid dienone is 2. The van der Waals surface area contributed by atoms with Crippen LogP contribution in [0.3, 0.4) is 0 Å². The second-order valence-corrected chi connectivity index (χ2v) is 4.27. The van der Waals surface area contributed by atoms with Crippen molar-refractivity contribution in [3.63, 3.8) is 0 Å². The van der Waals surface area contributed by atoms with Gasteiger partial charge in [-0.25, -0.2) is 0 Å². The third-order valence-electron chi connectivity index (χ3n) is 2.20. The summed E-state index contributed by atoms with van der Waals surface area (Å²) in [7, 11) is 0. The fraction of sp³-hybridized carbons (Fsp3) is 0.412. The van der Waals surface area contributed by atoms with E-state index in [9.17, 15) is 0 Å². The lowest BCUT2D eigenvalue weighted by molar-refractivity contribution is 0.826. The number of H-pyrrole nitrogens is 1. The Morgan fingerprint density at radius 3 is 2.30 bits per heavy atom. The minimum Gasteiger partial charge on any atom is -0.276 e. The molecule has 0 saturated heterocycles. The highest BCUT2D eigenvalue weighted by atomic mass is 15.1.